The molecule has 86 valence electrons. The van der Waals surface area contributed by atoms with Gasteiger partial charge in [0.15, 0.2) is 0 Å². The predicted octanol–water partition coefficient (Wildman–Crippen LogP) is 1.39. The molecule has 1 heterocycles. The molecule has 0 atom stereocenters. The Morgan fingerprint density at radius 2 is 2.35 bits per heavy atom. The van der Waals surface area contributed by atoms with E-state index in [2.05, 4.69) is 11.2 Å². The van der Waals surface area contributed by atoms with E-state index in [-0.39, 0.29) is 0 Å². The van der Waals surface area contributed by atoms with Crippen molar-refractivity contribution in [3.8, 4) is 11.8 Å². The van der Waals surface area contributed by atoms with Crippen molar-refractivity contribution in [2.24, 2.45) is 0 Å². The van der Waals surface area contributed by atoms with Gasteiger partial charge >= 0.3 is 0 Å². The second kappa shape index (κ2) is 4.58. The number of nitrogens with zero attached hydrogens (tertiary/aromatic N) is 3. The number of aromatic nitrogens is 2. The Kier molecular flexibility index (Phi) is 2.97. The lowest BCUT2D eigenvalue weighted by molar-refractivity contribution is 0.407. The third kappa shape index (κ3) is 2.37. The molecule has 0 bridgehead atoms. The van der Waals surface area contributed by atoms with Crippen LogP contribution in [0.1, 0.15) is 11.1 Å². The molecule has 5 heteroatoms. The molecule has 0 aliphatic carbocycles. The van der Waals surface area contributed by atoms with E-state index in [0.29, 0.717) is 17.8 Å². The van der Waals surface area contributed by atoms with Crippen LogP contribution in [0.3, 0.4) is 0 Å². The number of nitrogen functional groups attached to an aromatic ring is 1. The quantitative estimate of drug-likeness (QED) is 0.861. The number of hydrogen-bond acceptors (Lipinski definition) is 4. The Hall–Kier alpha value is -2.48. The predicted molar refractivity (Wildman–Crippen MR) is 63.5 cm³/mol. The van der Waals surface area contributed by atoms with Crippen LogP contribution in [-0.2, 0) is 6.54 Å². The largest absolute Gasteiger partial charge is 0.496 e. The zero-order valence-electron chi connectivity index (χ0n) is 9.42. The second-order valence-corrected chi connectivity index (χ2v) is 3.61. The molecule has 1 aromatic heterocycles. The topological polar surface area (TPSA) is 76.9 Å². The number of ether oxygens (including phenoxy) is 1. The number of hydrogen-bond donors (Lipinski definition) is 1. The number of anilines is 1. The third-order valence-electron chi connectivity index (χ3n) is 2.40. The van der Waals surface area contributed by atoms with Crippen LogP contribution in [-0.4, -0.2) is 16.9 Å². The fourth-order valence-corrected chi connectivity index (χ4v) is 1.61. The van der Waals surface area contributed by atoms with Gasteiger partial charge in [0.1, 0.15) is 5.75 Å². The lowest BCUT2D eigenvalue weighted by Gasteiger charge is -2.08. The van der Waals surface area contributed by atoms with E-state index in [1.807, 2.05) is 0 Å². The van der Waals surface area contributed by atoms with Gasteiger partial charge in [-0.25, -0.2) is 0 Å². The van der Waals surface area contributed by atoms with Crippen LogP contribution in [0.25, 0.3) is 0 Å². The summed E-state index contributed by atoms with van der Waals surface area (Å²) in [5, 5.41) is 13.0. The molecule has 5 nitrogen and oxygen atoms in total. The molecule has 0 aliphatic heterocycles. The van der Waals surface area contributed by atoms with Crippen molar-refractivity contribution in [1.82, 2.24) is 9.78 Å². The summed E-state index contributed by atoms with van der Waals surface area (Å²) in [6, 6.07) is 7.39. The smallest absolute Gasteiger partial charge is 0.124 e. The number of nitrogens with two attached hydrogens (primary N) is 1. The van der Waals surface area contributed by atoms with Crippen LogP contribution in [0.15, 0.2) is 30.6 Å². The van der Waals surface area contributed by atoms with E-state index in [9.17, 15) is 0 Å². The maximum atomic E-state index is 8.86. The summed E-state index contributed by atoms with van der Waals surface area (Å²) in [7, 11) is 1.60. The molecule has 17 heavy (non-hydrogen) atoms. The Bertz CT molecular complexity index is 568. The molecule has 0 aliphatic rings. The summed E-state index contributed by atoms with van der Waals surface area (Å²) in [6.45, 7) is 0.524. The van der Waals surface area contributed by atoms with Gasteiger partial charge in [0, 0.05) is 11.8 Å². The van der Waals surface area contributed by atoms with Gasteiger partial charge in [0.2, 0.25) is 0 Å². The van der Waals surface area contributed by atoms with Gasteiger partial charge in [0.05, 0.1) is 37.2 Å². The van der Waals surface area contributed by atoms with Crippen LogP contribution < -0.4 is 10.5 Å². The van der Waals surface area contributed by atoms with E-state index < -0.39 is 0 Å². The van der Waals surface area contributed by atoms with Gasteiger partial charge < -0.3 is 10.5 Å². The molecule has 0 unspecified atom stereocenters. The molecule has 0 fully saturated rings. The van der Waals surface area contributed by atoms with E-state index in [1.165, 1.54) is 0 Å². The average Bonchev–Trinajstić information content (AvgIpc) is 2.74. The summed E-state index contributed by atoms with van der Waals surface area (Å²) in [5.74, 6) is 0.734. The van der Waals surface area contributed by atoms with Crippen molar-refractivity contribution < 1.29 is 4.74 Å². The summed E-state index contributed by atoms with van der Waals surface area (Å²) >= 11 is 0. The first-order valence-electron chi connectivity index (χ1n) is 5.08. The average molecular weight is 228 g/mol. The highest BCUT2D eigenvalue weighted by molar-refractivity contribution is 5.42. The van der Waals surface area contributed by atoms with Crippen molar-refractivity contribution in [3.63, 3.8) is 0 Å². The normalized spacial score (nSPS) is 9.88. The van der Waals surface area contributed by atoms with Gasteiger partial charge in [-0.1, -0.05) is 0 Å². The van der Waals surface area contributed by atoms with Gasteiger partial charge in [-0.05, 0) is 18.2 Å². The highest BCUT2D eigenvalue weighted by Crippen LogP contribution is 2.20. The zero-order chi connectivity index (χ0) is 12.3. The molecule has 2 rings (SSSR count). The lowest BCUT2D eigenvalue weighted by Crippen LogP contribution is -2.02. The number of rotatable bonds is 3. The molecule has 0 saturated heterocycles. The van der Waals surface area contributed by atoms with Gasteiger partial charge in [-0.3, -0.25) is 4.68 Å². The highest BCUT2D eigenvalue weighted by Gasteiger charge is 2.06. The lowest BCUT2D eigenvalue weighted by atomic mass is 10.1. The molecule has 0 saturated carbocycles. The van der Waals surface area contributed by atoms with Crippen molar-refractivity contribution in [3.05, 3.63) is 41.7 Å². The minimum atomic E-state index is 0.524. The molecule has 2 N–H and O–H groups in total. The Morgan fingerprint density at radius 3 is 2.94 bits per heavy atom. The Balaban J connectivity index is 2.33. The zero-order valence-corrected chi connectivity index (χ0v) is 9.42. The first kappa shape index (κ1) is 11.0. The molecular formula is C12H12N4O. The minimum Gasteiger partial charge on any atom is -0.496 e. The first-order chi connectivity index (χ1) is 8.22. The van der Waals surface area contributed by atoms with E-state index >= 15 is 0 Å². The maximum absolute atomic E-state index is 8.86. The second-order valence-electron chi connectivity index (χ2n) is 3.61. The summed E-state index contributed by atoms with van der Waals surface area (Å²) in [5.41, 5.74) is 7.70. The van der Waals surface area contributed by atoms with E-state index in [0.717, 1.165) is 11.3 Å². The van der Waals surface area contributed by atoms with Crippen LogP contribution in [0, 0.1) is 11.3 Å². The monoisotopic (exact) mass is 228 g/mol. The van der Waals surface area contributed by atoms with Crippen LogP contribution in [0.4, 0.5) is 5.69 Å². The number of benzene rings is 1. The summed E-state index contributed by atoms with van der Waals surface area (Å²) in [4.78, 5) is 0. The molecule has 1 aromatic carbocycles. The third-order valence-corrected chi connectivity index (χ3v) is 2.40. The van der Waals surface area contributed by atoms with Gasteiger partial charge in [-0.15, -0.1) is 0 Å². The van der Waals surface area contributed by atoms with Crippen molar-refractivity contribution in [2.45, 2.75) is 6.54 Å². The number of methoxy groups -OCH3 is 1. The van der Waals surface area contributed by atoms with E-state index in [4.69, 9.17) is 15.7 Å². The molecule has 2 aromatic rings. The van der Waals surface area contributed by atoms with Gasteiger partial charge in [0.25, 0.3) is 0 Å². The summed E-state index contributed by atoms with van der Waals surface area (Å²) < 4.78 is 6.94. The molecular weight excluding hydrogens is 216 g/mol. The Labute approximate surface area is 99.0 Å². The van der Waals surface area contributed by atoms with Crippen molar-refractivity contribution in [2.75, 3.05) is 12.8 Å². The summed E-state index contributed by atoms with van der Waals surface area (Å²) in [6.07, 6.45) is 3.32. The first-order valence-corrected chi connectivity index (χ1v) is 5.08. The fourth-order valence-electron chi connectivity index (χ4n) is 1.61. The van der Waals surface area contributed by atoms with E-state index in [1.54, 1.807) is 42.4 Å². The maximum Gasteiger partial charge on any atom is 0.124 e. The van der Waals surface area contributed by atoms with Crippen LogP contribution in [0.2, 0.25) is 0 Å². The standard InChI is InChI=1S/C12H12N4O/c1-17-12-3-2-9(5-13)4-10(12)7-16-8-11(14)6-15-16/h2-4,6,8H,7,14H2,1H3. The van der Waals surface area contributed by atoms with Crippen molar-refractivity contribution in [1.29, 1.82) is 5.26 Å². The van der Waals surface area contributed by atoms with Crippen molar-refractivity contribution >= 4 is 5.69 Å². The van der Waals surface area contributed by atoms with Crippen LogP contribution in [0.5, 0.6) is 5.75 Å². The molecule has 0 amide bonds. The SMILES string of the molecule is COc1ccc(C#N)cc1Cn1cc(N)cn1. The Morgan fingerprint density at radius 1 is 1.53 bits per heavy atom. The van der Waals surface area contributed by atoms with Gasteiger partial charge in [-0.2, -0.15) is 10.4 Å². The van der Waals surface area contributed by atoms with Crippen LogP contribution >= 0.6 is 0 Å². The minimum absolute atomic E-state index is 0.524. The highest BCUT2D eigenvalue weighted by atomic mass is 16.5. The molecule has 0 radical (unpaired) electrons. The molecule has 0 spiro atoms. The number of nitriles is 1. The fraction of sp³-hybridized carbons (Fsp3) is 0.167.